The van der Waals surface area contributed by atoms with Crippen LogP contribution >= 0.6 is 11.7 Å². The lowest BCUT2D eigenvalue weighted by Gasteiger charge is -2.32. The summed E-state index contributed by atoms with van der Waals surface area (Å²) in [5.41, 5.74) is 0.992. The Morgan fingerprint density at radius 3 is 2.87 bits per heavy atom. The van der Waals surface area contributed by atoms with Crippen LogP contribution in [0, 0.1) is 11.8 Å². The Morgan fingerprint density at radius 1 is 1.19 bits per heavy atom. The maximum absolute atomic E-state index is 13.3. The van der Waals surface area contributed by atoms with Gasteiger partial charge in [0.05, 0.1) is 17.6 Å². The summed E-state index contributed by atoms with van der Waals surface area (Å²) in [7, 11) is -3.72. The average Bonchev–Trinajstić information content (AvgIpc) is 3.25. The second kappa shape index (κ2) is 9.89. The number of nitrogens with one attached hydrogen (secondary N) is 1. The Bertz CT molecular complexity index is 1010. The van der Waals surface area contributed by atoms with Crippen LogP contribution in [0.3, 0.4) is 0 Å². The van der Waals surface area contributed by atoms with Crippen molar-refractivity contribution in [2.24, 2.45) is 11.8 Å². The molecule has 0 saturated carbocycles. The van der Waals surface area contributed by atoms with Crippen LogP contribution < -0.4 is 5.32 Å². The number of fused-ring (bicyclic) bond motifs is 1. The molecular weight excluding hydrogens is 434 g/mol. The lowest BCUT2D eigenvalue weighted by molar-refractivity contribution is -0.126. The lowest BCUT2D eigenvalue weighted by atomic mass is 9.99. The van der Waals surface area contributed by atoms with Gasteiger partial charge in [-0.05, 0) is 63.2 Å². The molecule has 2 fully saturated rings. The number of sulfonamides is 1. The van der Waals surface area contributed by atoms with Crippen LogP contribution in [0.1, 0.15) is 39.0 Å². The van der Waals surface area contributed by atoms with E-state index >= 15 is 0 Å². The quantitative estimate of drug-likeness (QED) is 0.631. The minimum absolute atomic E-state index is 0.0413. The largest absolute Gasteiger partial charge is 0.356 e. The molecule has 8 nitrogen and oxygen atoms in total. The molecule has 170 valence electrons. The Labute approximate surface area is 188 Å². The number of hydrogen-bond acceptors (Lipinski definition) is 7. The highest BCUT2D eigenvalue weighted by Gasteiger charge is 2.34. The molecule has 2 saturated heterocycles. The Morgan fingerprint density at radius 2 is 2.03 bits per heavy atom. The van der Waals surface area contributed by atoms with E-state index in [1.54, 1.807) is 18.2 Å². The molecule has 1 aromatic heterocycles. The fourth-order valence-corrected chi connectivity index (χ4v) is 6.93. The molecule has 1 N–H and O–H groups in total. The minimum Gasteiger partial charge on any atom is -0.356 e. The number of amides is 1. The van der Waals surface area contributed by atoms with E-state index in [9.17, 15) is 13.2 Å². The van der Waals surface area contributed by atoms with E-state index in [0.29, 0.717) is 37.0 Å². The zero-order chi connectivity index (χ0) is 21.8. The smallest absolute Gasteiger partial charge is 0.245 e. The zero-order valence-electron chi connectivity index (χ0n) is 18.0. The third-order valence-corrected chi connectivity index (χ3v) is 8.75. The molecule has 31 heavy (non-hydrogen) atoms. The van der Waals surface area contributed by atoms with Gasteiger partial charge in [-0.2, -0.15) is 13.1 Å². The molecule has 0 aliphatic carbocycles. The van der Waals surface area contributed by atoms with Crippen molar-refractivity contribution in [2.75, 3.05) is 39.3 Å². The normalized spacial score (nSPS) is 23.8. The van der Waals surface area contributed by atoms with Crippen molar-refractivity contribution in [1.29, 1.82) is 0 Å². The summed E-state index contributed by atoms with van der Waals surface area (Å²) in [5, 5.41) is 3.03. The molecule has 0 spiro atoms. The molecule has 2 aliphatic rings. The molecule has 4 rings (SSSR count). The van der Waals surface area contributed by atoms with Crippen LogP contribution in [-0.4, -0.2) is 71.5 Å². The number of aromatic nitrogens is 2. The van der Waals surface area contributed by atoms with E-state index in [1.165, 1.54) is 17.1 Å². The van der Waals surface area contributed by atoms with Gasteiger partial charge in [-0.3, -0.25) is 4.79 Å². The van der Waals surface area contributed by atoms with E-state index in [4.69, 9.17) is 0 Å². The molecule has 0 bridgehead atoms. The minimum atomic E-state index is -3.72. The molecule has 2 aliphatic heterocycles. The number of benzene rings is 1. The number of hydrogen-bond donors (Lipinski definition) is 1. The van der Waals surface area contributed by atoms with Gasteiger partial charge in [0.1, 0.15) is 15.9 Å². The second-order valence-corrected chi connectivity index (χ2v) is 11.2. The Balaban J connectivity index is 1.31. The van der Waals surface area contributed by atoms with Gasteiger partial charge in [-0.15, -0.1) is 0 Å². The van der Waals surface area contributed by atoms with Gasteiger partial charge in [0, 0.05) is 26.2 Å². The summed E-state index contributed by atoms with van der Waals surface area (Å²) in [5.74, 6) is 0.399. The molecule has 1 amide bonds. The molecule has 0 unspecified atom stereocenters. The first-order valence-corrected chi connectivity index (χ1v) is 13.3. The highest BCUT2D eigenvalue weighted by atomic mass is 32.2. The second-order valence-electron chi connectivity index (χ2n) is 8.78. The van der Waals surface area contributed by atoms with Crippen LogP contribution in [0.4, 0.5) is 0 Å². The molecular formula is C21H31N5O3S2. The number of carbonyl (C=O) groups excluding carboxylic acids is 1. The maximum Gasteiger partial charge on any atom is 0.245 e. The number of piperidine rings is 2. The summed E-state index contributed by atoms with van der Waals surface area (Å²) < 4.78 is 36.3. The summed E-state index contributed by atoms with van der Waals surface area (Å²) in [4.78, 5) is 15.4. The van der Waals surface area contributed by atoms with Gasteiger partial charge in [0.25, 0.3) is 0 Å². The van der Waals surface area contributed by atoms with E-state index < -0.39 is 10.0 Å². The van der Waals surface area contributed by atoms with E-state index in [0.717, 1.165) is 43.7 Å². The molecule has 0 radical (unpaired) electrons. The first-order chi connectivity index (χ1) is 14.9. The van der Waals surface area contributed by atoms with Gasteiger partial charge in [0.2, 0.25) is 15.9 Å². The molecule has 1 aromatic carbocycles. The molecule has 2 aromatic rings. The third kappa shape index (κ3) is 5.24. The SMILES string of the molecule is C[C@H]1CCCN(CCCNC(=O)[C@H]2CCCN(S(=O)(=O)c3cccc4nsnc34)C2)C1. The lowest BCUT2D eigenvalue weighted by Crippen LogP contribution is -2.45. The molecule has 10 heteroatoms. The molecule has 2 atom stereocenters. The van der Waals surface area contributed by atoms with Crippen LogP contribution in [0.25, 0.3) is 11.0 Å². The van der Waals surface area contributed by atoms with Crippen molar-refractivity contribution in [3.8, 4) is 0 Å². The fourth-order valence-electron chi connectivity index (χ4n) is 4.65. The fraction of sp³-hybridized carbons (Fsp3) is 0.667. The molecule has 3 heterocycles. The summed E-state index contributed by atoms with van der Waals surface area (Å²) in [6, 6.07) is 5.02. The average molecular weight is 466 g/mol. The number of nitrogens with zero attached hydrogens (tertiary/aromatic N) is 4. The van der Waals surface area contributed by atoms with Crippen molar-refractivity contribution in [1.82, 2.24) is 23.3 Å². The summed E-state index contributed by atoms with van der Waals surface area (Å²) in [6.07, 6.45) is 4.87. The maximum atomic E-state index is 13.3. The van der Waals surface area contributed by atoms with Crippen LogP contribution in [0.5, 0.6) is 0 Å². The first-order valence-electron chi connectivity index (χ1n) is 11.2. The summed E-state index contributed by atoms with van der Waals surface area (Å²) >= 11 is 1.01. The predicted molar refractivity (Wildman–Crippen MR) is 121 cm³/mol. The highest BCUT2D eigenvalue weighted by molar-refractivity contribution is 7.89. The van der Waals surface area contributed by atoms with E-state index in [-0.39, 0.29) is 23.3 Å². The topological polar surface area (TPSA) is 95.5 Å². The number of likely N-dealkylation sites (tertiary alicyclic amines) is 1. The standard InChI is InChI=1S/C21H31N5O3S2/c1-16-6-3-11-25(14-16)12-5-10-22-21(27)17-7-4-13-26(15-17)31(28,29)19-9-2-8-18-20(19)24-30-23-18/h2,8-9,16-17H,3-7,10-15H2,1H3,(H,22,27)/t16-,17-/m0/s1. The van der Waals surface area contributed by atoms with Gasteiger partial charge in [-0.25, -0.2) is 8.42 Å². The van der Waals surface area contributed by atoms with Crippen molar-refractivity contribution in [2.45, 2.75) is 43.9 Å². The van der Waals surface area contributed by atoms with Crippen molar-refractivity contribution >= 4 is 38.7 Å². The van der Waals surface area contributed by atoms with E-state index in [1.807, 2.05) is 0 Å². The zero-order valence-corrected chi connectivity index (χ0v) is 19.6. The van der Waals surface area contributed by atoms with Crippen molar-refractivity contribution < 1.29 is 13.2 Å². The van der Waals surface area contributed by atoms with Crippen molar-refractivity contribution in [3.63, 3.8) is 0 Å². The Kier molecular flexibility index (Phi) is 7.20. The Hall–Kier alpha value is -1.62. The van der Waals surface area contributed by atoms with Crippen LogP contribution in [-0.2, 0) is 14.8 Å². The highest BCUT2D eigenvalue weighted by Crippen LogP contribution is 2.28. The first kappa shape index (κ1) is 22.6. The van der Waals surface area contributed by atoms with E-state index in [2.05, 4.69) is 25.9 Å². The van der Waals surface area contributed by atoms with Crippen molar-refractivity contribution in [3.05, 3.63) is 18.2 Å². The number of carbonyl (C=O) groups is 1. The van der Waals surface area contributed by atoms with Gasteiger partial charge < -0.3 is 10.2 Å². The number of rotatable bonds is 7. The van der Waals surface area contributed by atoms with Crippen LogP contribution in [0.2, 0.25) is 0 Å². The van der Waals surface area contributed by atoms with Gasteiger partial charge >= 0.3 is 0 Å². The third-order valence-electron chi connectivity index (χ3n) is 6.31. The van der Waals surface area contributed by atoms with Gasteiger partial charge in [-0.1, -0.05) is 13.0 Å². The monoisotopic (exact) mass is 465 g/mol. The van der Waals surface area contributed by atoms with Gasteiger partial charge in [0.15, 0.2) is 0 Å². The predicted octanol–water partition coefficient (Wildman–Crippen LogP) is 2.33. The summed E-state index contributed by atoms with van der Waals surface area (Å²) in [6.45, 7) is 6.86. The van der Waals surface area contributed by atoms with Crippen LogP contribution in [0.15, 0.2) is 23.1 Å².